The Bertz CT molecular complexity index is 1680. The molecule has 40 heavy (non-hydrogen) atoms. The molecule has 0 spiro atoms. The van der Waals surface area contributed by atoms with Crippen LogP contribution in [0.25, 0.3) is 21.8 Å². The molecule has 6 aromatic carbocycles. The third-order valence-electron chi connectivity index (χ3n) is 7.25. The van der Waals surface area contributed by atoms with E-state index in [1.807, 2.05) is 0 Å². The molecule has 0 radical (unpaired) electrons. The van der Waals surface area contributed by atoms with Crippen molar-refractivity contribution in [2.45, 2.75) is 0 Å². The summed E-state index contributed by atoms with van der Waals surface area (Å²) in [4.78, 5) is 4.64. The van der Waals surface area contributed by atoms with E-state index in [0.717, 1.165) is 34.1 Å². The minimum atomic E-state index is 1.13. The average molecular weight is 628 g/mol. The molecule has 0 saturated carbocycles. The maximum atomic E-state index is 2.43. The Morgan fingerprint density at radius 1 is 0.350 bits per heavy atom. The molecule has 0 unspecified atom stereocenters. The zero-order valence-corrected chi connectivity index (χ0v) is 23.9. The van der Waals surface area contributed by atoms with Crippen LogP contribution in [-0.4, -0.2) is 2.78 Å². The summed E-state index contributed by atoms with van der Waals surface area (Å²) in [5.41, 5.74) is 9.17. The third kappa shape index (κ3) is 4.40. The summed E-state index contributed by atoms with van der Waals surface area (Å²) in [5.74, 6) is 0. The van der Waals surface area contributed by atoms with Gasteiger partial charge in [0.05, 0.1) is 33.9 Å². The van der Waals surface area contributed by atoms with Gasteiger partial charge < -0.3 is 9.80 Å². The minimum absolute atomic E-state index is 1.13. The molecule has 0 aliphatic heterocycles. The number of benzene rings is 6. The van der Waals surface area contributed by atoms with Crippen LogP contribution in [0.5, 0.6) is 0 Å². The van der Waals surface area contributed by atoms with Crippen molar-refractivity contribution in [2.75, 3.05) is 9.80 Å². The topological polar surface area (TPSA) is 11.4 Å². The fraction of sp³-hybridized carbons (Fsp3) is 0. The van der Waals surface area contributed by atoms with Crippen molar-refractivity contribution in [3.05, 3.63) is 158 Å². The molecule has 0 fully saturated rings. The number of anilines is 6. The van der Waals surface area contributed by atoms with Gasteiger partial charge in [0.25, 0.3) is 0 Å². The summed E-state index contributed by atoms with van der Waals surface area (Å²) in [5, 5.41) is 2.45. The average Bonchev–Trinajstić information content (AvgIpc) is 3.30. The van der Waals surface area contributed by atoms with E-state index in [1.54, 1.807) is 0 Å². The first-order chi connectivity index (χ1) is 19.8. The molecule has 1 aromatic heterocycles. The monoisotopic (exact) mass is 627 g/mol. The van der Waals surface area contributed by atoms with Crippen molar-refractivity contribution in [3.8, 4) is 0 Å². The SMILES string of the molecule is In1c2ccc(N(c3ccccc3)c3ccccc3)cc2c2cc(N(c3ccccc3)c3ccccc3)ccc21. The highest BCUT2D eigenvalue weighted by Gasteiger charge is 2.18. The Morgan fingerprint density at radius 3 is 0.950 bits per heavy atom. The van der Waals surface area contributed by atoms with E-state index in [0.29, 0.717) is 0 Å². The Balaban J connectivity index is 1.43. The van der Waals surface area contributed by atoms with Gasteiger partial charge in [-0.05, 0) is 84.9 Å². The number of nitrogens with zero attached hydrogens (tertiary/aromatic N) is 3. The molecule has 0 amide bonds. The van der Waals surface area contributed by atoms with Crippen LogP contribution in [0.2, 0.25) is 0 Å². The van der Waals surface area contributed by atoms with Gasteiger partial charge in [-0.3, -0.25) is 2.78 Å². The molecule has 0 N–H and O–H groups in total. The second-order valence-electron chi connectivity index (χ2n) is 9.70. The Hall–Kier alpha value is -4.55. The number of aromatic nitrogens is 1. The first kappa shape index (κ1) is 24.5. The van der Waals surface area contributed by atoms with Crippen LogP contribution in [0.15, 0.2) is 158 Å². The first-order valence-corrected chi connectivity index (χ1v) is 14.3. The van der Waals surface area contributed by atoms with E-state index in [1.165, 1.54) is 21.8 Å². The smallest absolute Gasteiger partial charge is 0.0646 e. The maximum Gasteiger partial charge on any atom is 0.0646 e. The van der Waals surface area contributed by atoms with E-state index in [9.17, 15) is 0 Å². The molecular formula is C36H26IN3. The number of hydrogen-bond donors (Lipinski definition) is 0. The second kappa shape index (κ2) is 10.5. The number of halogens is 1. The van der Waals surface area contributed by atoms with Gasteiger partial charge in [0.1, 0.15) is 0 Å². The first-order valence-electron chi connectivity index (χ1n) is 13.3. The van der Waals surface area contributed by atoms with E-state index in [-0.39, 0.29) is 0 Å². The molecule has 1 heterocycles. The highest BCUT2D eigenvalue weighted by atomic mass is 127. The van der Waals surface area contributed by atoms with Crippen molar-refractivity contribution in [3.63, 3.8) is 0 Å². The highest BCUT2D eigenvalue weighted by Crippen LogP contribution is 2.42. The van der Waals surface area contributed by atoms with E-state index in [2.05, 4.69) is 193 Å². The van der Waals surface area contributed by atoms with Crippen molar-refractivity contribution in [1.29, 1.82) is 0 Å². The number of fused-ring (bicyclic) bond motifs is 3. The molecular weight excluding hydrogens is 601 g/mol. The normalized spacial score (nSPS) is 11.1. The number of para-hydroxylation sites is 4. The van der Waals surface area contributed by atoms with Gasteiger partial charge in [0, 0.05) is 44.9 Å². The van der Waals surface area contributed by atoms with Crippen LogP contribution < -0.4 is 9.80 Å². The van der Waals surface area contributed by atoms with Gasteiger partial charge in [-0.1, -0.05) is 72.8 Å². The molecule has 4 heteroatoms. The lowest BCUT2D eigenvalue weighted by molar-refractivity contribution is 1.29. The predicted molar refractivity (Wildman–Crippen MR) is 178 cm³/mol. The van der Waals surface area contributed by atoms with Gasteiger partial charge in [-0.15, -0.1) is 0 Å². The Kier molecular flexibility index (Phi) is 6.46. The summed E-state index contributed by atoms with van der Waals surface area (Å²) in [6, 6.07) is 55.8. The molecule has 0 aliphatic rings. The van der Waals surface area contributed by atoms with Crippen molar-refractivity contribution in [2.24, 2.45) is 0 Å². The second-order valence-corrected chi connectivity index (χ2v) is 10.7. The minimum Gasteiger partial charge on any atom is -0.310 e. The van der Waals surface area contributed by atoms with E-state index in [4.69, 9.17) is 0 Å². The third-order valence-corrected chi connectivity index (χ3v) is 8.29. The number of rotatable bonds is 6. The molecule has 0 saturated heterocycles. The van der Waals surface area contributed by atoms with Gasteiger partial charge in [-0.2, -0.15) is 0 Å². The molecule has 7 aromatic rings. The van der Waals surface area contributed by atoms with Crippen molar-refractivity contribution >= 4 is 78.8 Å². The van der Waals surface area contributed by atoms with Crippen LogP contribution >= 0.6 is 22.9 Å². The summed E-state index contributed by atoms with van der Waals surface area (Å²) < 4.78 is 2.26. The van der Waals surface area contributed by atoms with Gasteiger partial charge in [-0.25, -0.2) is 0 Å². The molecule has 0 atom stereocenters. The van der Waals surface area contributed by atoms with Crippen LogP contribution in [-0.2, 0) is 0 Å². The molecule has 192 valence electrons. The lowest BCUT2D eigenvalue weighted by atomic mass is 10.1. The fourth-order valence-corrected chi connectivity index (χ4v) is 6.27. The molecule has 0 bridgehead atoms. The van der Waals surface area contributed by atoms with Crippen LogP contribution in [0.3, 0.4) is 0 Å². The molecule has 7 rings (SSSR count). The maximum absolute atomic E-state index is 2.43. The van der Waals surface area contributed by atoms with Crippen LogP contribution in [0.1, 0.15) is 0 Å². The predicted octanol–water partition coefficient (Wildman–Crippen LogP) is 10.9. The quantitative estimate of drug-likeness (QED) is 0.170. The summed E-state index contributed by atoms with van der Waals surface area (Å²) >= 11 is 2.43. The standard InChI is InChI=1S/C36H26IN3/c37-40-35-23-21-31(38(27-13-5-1-6-14-27)28-15-7-2-8-16-28)25-33(35)34-26-32(22-24-36(34)40)39(29-17-9-3-10-18-29)30-19-11-4-12-20-30/h1-26H. The van der Waals surface area contributed by atoms with Crippen molar-refractivity contribution < 1.29 is 0 Å². The zero-order chi connectivity index (χ0) is 26.9. The summed E-state index contributed by atoms with van der Waals surface area (Å²) in [6.45, 7) is 0. The molecule has 0 aliphatic carbocycles. The Morgan fingerprint density at radius 2 is 0.650 bits per heavy atom. The summed E-state index contributed by atoms with van der Waals surface area (Å²) in [6.07, 6.45) is 0. The largest absolute Gasteiger partial charge is 0.310 e. The van der Waals surface area contributed by atoms with Gasteiger partial charge in [0.2, 0.25) is 0 Å². The van der Waals surface area contributed by atoms with Crippen LogP contribution in [0, 0.1) is 0 Å². The lowest BCUT2D eigenvalue weighted by Crippen LogP contribution is -2.09. The van der Waals surface area contributed by atoms with E-state index < -0.39 is 0 Å². The van der Waals surface area contributed by atoms with E-state index >= 15 is 0 Å². The van der Waals surface area contributed by atoms with Gasteiger partial charge in [0.15, 0.2) is 0 Å². The number of hydrogen-bond acceptors (Lipinski definition) is 2. The Labute approximate surface area is 248 Å². The zero-order valence-electron chi connectivity index (χ0n) is 21.7. The highest BCUT2D eigenvalue weighted by molar-refractivity contribution is 14.1. The fourth-order valence-electron chi connectivity index (χ4n) is 5.43. The molecule has 3 nitrogen and oxygen atoms in total. The van der Waals surface area contributed by atoms with Crippen LogP contribution in [0.4, 0.5) is 34.1 Å². The summed E-state index contributed by atoms with van der Waals surface area (Å²) in [7, 11) is 0. The van der Waals surface area contributed by atoms with Crippen molar-refractivity contribution in [1.82, 2.24) is 2.78 Å². The lowest BCUT2D eigenvalue weighted by Gasteiger charge is -2.26. The van der Waals surface area contributed by atoms with Gasteiger partial charge >= 0.3 is 0 Å².